The molecule has 0 radical (unpaired) electrons. The highest BCUT2D eigenvalue weighted by Gasteiger charge is 2.33. The summed E-state index contributed by atoms with van der Waals surface area (Å²) < 4.78 is 53.7. The molecule has 1 unspecified atom stereocenters. The normalized spacial score (nSPS) is 22.5. The molecule has 2 heterocycles. The van der Waals surface area contributed by atoms with Gasteiger partial charge in [-0.3, -0.25) is 10.2 Å². The number of nitrogens with zero attached hydrogens (tertiary/aromatic N) is 2. The maximum Gasteiger partial charge on any atom is 0.245 e. The van der Waals surface area contributed by atoms with Crippen molar-refractivity contribution in [1.29, 1.82) is 0 Å². The summed E-state index contributed by atoms with van der Waals surface area (Å²) in [5, 5.41) is 1.91. The van der Waals surface area contributed by atoms with Crippen molar-refractivity contribution in [3.63, 3.8) is 0 Å². The molecular formula is C18H25F2N3O3S. The zero-order valence-electron chi connectivity index (χ0n) is 15.2. The average Bonchev–Trinajstić information content (AvgIpc) is 2.62. The van der Waals surface area contributed by atoms with Gasteiger partial charge in [0.15, 0.2) is 0 Å². The molecule has 1 aromatic rings. The van der Waals surface area contributed by atoms with E-state index >= 15 is 0 Å². The predicted octanol–water partition coefficient (Wildman–Crippen LogP) is 2.27. The van der Waals surface area contributed by atoms with E-state index in [0.29, 0.717) is 12.5 Å². The number of hydrogen-bond acceptors (Lipinski definition) is 4. The van der Waals surface area contributed by atoms with Crippen LogP contribution in [0.5, 0.6) is 0 Å². The van der Waals surface area contributed by atoms with E-state index in [1.54, 1.807) is 0 Å². The van der Waals surface area contributed by atoms with E-state index in [1.807, 2.05) is 5.01 Å². The van der Waals surface area contributed by atoms with E-state index in [1.165, 1.54) is 10.7 Å². The molecule has 2 fully saturated rings. The third-order valence-corrected chi connectivity index (χ3v) is 7.00. The van der Waals surface area contributed by atoms with Crippen molar-refractivity contribution in [3.05, 3.63) is 29.8 Å². The number of halogens is 2. The number of sulfonamides is 1. The lowest BCUT2D eigenvalue weighted by atomic mass is 9.96. The molecule has 27 heavy (non-hydrogen) atoms. The Morgan fingerprint density at radius 1 is 1.11 bits per heavy atom. The molecule has 150 valence electrons. The van der Waals surface area contributed by atoms with Crippen LogP contribution < -0.4 is 5.43 Å². The lowest BCUT2D eigenvalue weighted by Crippen LogP contribution is -2.47. The zero-order valence-corrected chi connectivity index (χ0v) is 16.0. The van der Waals surface area contributed by atoms with Crippen LogP contribution in [0.25, 0.3) is 0 Å². The number of carbonyl (C=O) groups excluding carboxylic acids is 1. The largest absolute Gasteiger partial charge is 0.289 e. The summed E-state index contributed by atoms with van der Waals surface area (Å²) >= 11 is 0. The standard InChI is InChI=1S/C18H25F2N3O3S/c19-15-6-7-17(16(20)12-15)27(25,26)23-10-4-5-14(13-23)11-18(24)21-22-8-2-1-3-9-22/h6-7,12,14H,1-5,8-11,13H2,(H,21,24). The Morgan fingerprint density at radius 3 is 2.56 bits per heavy atom. The molecule has 3 rings (SSSR count). The van der Waals surface area contributed by atoms with Gasteiger partial charge in [-0.05, 0) is 43.7 Å². The lowest BCUT2D eigenvalue weighted by molar-refractivity contribution is -0.127. The molecule has 0 spiro atoms. The molecule has 9 heteroatoms. The SMILES string of the molecule is O=C(CC1CCCN(S(=O)(=O)c2ccc(F)cc2F)C1)NN1CCCCC1. The van der Waals surface area contributed by atoms with Gasteiger partial charge < -0.3 is 0 Å². The molecule has 1 aromatic carbocycles. The second kappa shape index (κ2) is 8.62. The van der Waals surface area contributed by atoms with Crippen LogP contribution in [0.4, 0.5) is 8.78 Å². The number of hydrogen-bond donors (Lipinski definition) is 1. The third-order valence-electron chi connectivity index (χ3n) is 5.11. The number of carbonyl (C=O) groups is 1. The minimum Gasteiger partial charge on any atom is -0.289 e. The number of benzene rings is 1. The highest BCUT2D eigenvalue weighted by Crippen LogP contribution is 2.27. The third kappa shape index (κ3) is 5.03. The van der Waals surface area contributed by atoms with Crippen LogP contribution in [0.1, 0.15) is 38.5 Å². The fourth-order valence-electron chi connectivity index (χ4n) is 3.73. The van der Waals surface area contributed by atoms with E-state index in [0.717, 1.165) is 44.5 Å². The molecule has 2 aliphatic rings. The van der Waals surface area contributed by atoms with E-state index < -0.39 is 26.6 Å². The summed E-state index contributed by atoms with van der Waals surface area (Å²) in [6.07, 6.45) is 4.85. The Morgan fingerprint density at radius 2 is 1.85 bits per heavy atom. The van der Waals surface area contributed by atoms with Gasteiger partial charge in [0.25, 0.3) is 0 Å². The zero-order chi connectivity index (χ0) is 19.4. The molecule has 6 nitrogen and oxygen atoms in total. The Labute approximate surface area is 158 Å². The minimum absolute atomic E-state index is 0.117. The van der Waals surface area contributed by atoms with Gasteiger partial charge in [-0.25, -0.2) is 22.2 Å². The Balaban J connectivity index is 1.62. The molecule has 2 aliphatic heterocycles. The summed E-state index contributed by atoms with van der Waals surface area (Å²) in [5.41, 5.74) is 2.89. The van der Waals surface area contributed by atoms with Crippen molar-refractivity contribution < 1.29 is 22.0 Å². The van der Waals surface area contributed by atoms with Crippen molar-refractivity contribution in [2.45, 2.75) is 43.4 Å². The number of piperidine rings is 2. The van der Waals surface area contributed by atoms with Crippen molar-refractivity contribution in [2.24, 2.45) is 5.92 Å². The Bertz CT molecular complexity index is 782. The first-order valence-electron chi connectivity index (χ1n) is 9.36. The van der Waals surface area contributed by atoms with Gasteiger partial charge in [-0.1, -0.05) is 6.42 Å². The molecule has 0 bridgehead atoms. The van der Waals surface area contributed by atoms with Gasteiger partial charge in [0.1, 0.15) is 16.5 Å². The van der Waals surface area contributed by atoms with Gasteiger partial charge in [0.2, 0.25) is 15.9 Å². The van der Waals surface area contributed by atoms with Gasteiger partial charge in [-0.2, -0.15) is 4.31 Å². The van der Waals surface area contributed by atoms with E-state index in [4.69, 9.17) is 0 Å². The lowest BCUT2D eigenvalue weighted by Gasteiger charge is -2.32. The quantitative estimate of drug-likeness (QED) is 0.822. The maximum absolute atomic E-state index is 14.0. The number of nitrogens with one attached hydrogen (secondary N) is 1. The molecular weight excluding hydrogens is 376 g/mol. The minimum atomic E-state index is -4.06. The summed E-state index contributed by atoms with van der Waals surface area (Å²) in [7, 11) is -4.06. The first-order chi connectivity index (χ1) is 12.9. The highest BCUT2D eigenvalue weighted by molar-refractivity contribution is 7.89. The van der Waals surface area contributed by atoms with Crippen molar-refractivity contribution in [1.82, 2.24) is 14.7 Å². The van der Waals surface area contributed by atoms with Crippen molar-refractivity contribution in [3.8, 4) is 0 Å². The Kier molecular flexibility index (Phi) is 6.44. The fraction of sp³-hybridized carbons (Fsp3) is 0.611. The van der Waals surface area contributed by atoms with Gasteiger partial charge in [-0.15, -0.1) is 0 Å². The van der Waals surface area contributed by atoms with Crippen LogP contribution in [0, 0.1) is 17.6 Å². The molecule has 1 N–H and O–H groups in total. The molecule has 0 saturated carbocycles. The van der Waals surface area contributed by atoms with E-state index in [-0.39, 0.29) is 31.3 Å². The predicted molar refractivity (Wildman–Crippen MR) is 96.0 cm³/mol. The number of hydrazine groups is 1. The fourth-order valence-corrected chi connectivity index (χ4v) is 5.33. The van der Waals surface area contributed by atoms with Crippen LogP contribution in [-0.4, -0.2) is 49.8 Å². The number of amides is 1. The molecule has 0 aliphatic carbocycles. The topological polar surface area (TPSA) is 69.7 Å². The molecule has 1 atom stereocenters. The smallest absolute Gasteiger partial charge is 0.245 e. The van der Waals surface area contributed by atoms with E-state index in [9.17, 15) is 22.0 Å². The van der Waals surface area contributed by atoms with Crippen LogP contribution >= 0.6 is 0 Å². The maximum atomic E-state index is 14.0. The van der Waals surface area contributed by atoms with Gasteiger partial charge >= 0.3 is 0 Å². The average molecular weight is 401 g/mol. The first kappa shape index (κ1) is 20.2. The van der Waals surface area contributed by atoms with Crippen molar-refractivity contribution >= 4 is 15.9 Å². The van der Waals surface area contributed by atoms with Gasteiger partial charge in [0, 0.05) is 38.7 Å². The number of rotatable bonds is 5. The van der Waals surface area contributed by atoms with Crippen LogP contribution in [0.2, 0.25) is 0 Å². The monoisotopic (exact) mass is 401 g/mol. The Hall–Kier alpha value is -1.58. The van der Waals surface area contributed by atoms with Crippen molar-refractivity contribution in [2.75, 3.05) is 26.2 Å². The second-order valence-electron chi connectivity index (χ2n) is 7.23. The van der Waals surface area contributed by atoms with Crippen LogP contribution in [0.15, 0.2) is 23.1 Å². The second-order valence-corrected chi connectivity index (χ2v) is 9.14. The first-order valence-corrected chi connectivity index (χ1v) is 10.8. The summed E-state index contributed by atoms with van der Waals surface area (Å²) in [6, 6.07) is 2.45. The van der Waals surface area contributed by atoms with E-state index in [2.05, 4.69) is 5.43 Å². The molecule has 0 aromatic heterocycles. The van der Waals surface area contributed by atoms with Gasteiger partial charge in [0.05, 0.1) is 0 Å². The van der Waals surface area contributed by atoms with Crippen LogP contribution in [0.3, 0.4) is 0 Å². The summed E-state index contributed by atoms with van der Waals surface area (Å²) in [5.74, 6) is -2.16. The summed E-state index contributed by atoms with van der Waals surface area (Å²) in [4.78, 5) is 11.7. The molecule has 1 amide bonds. The highest BCUT2D eigenvalue weighted by atomic mass is 32.2. The van der Waals surface area contributed by atoms with Crippen LogP contribution in [-0.2, 0) is 14.8 Å². The molecule has 2 saturated heterocycles. The summed E-state index contributed by atoms with van der Waals surface area (Å²) in [6.45, 7) is 2.09.